The van der Waals surface area contributed by atoms with Crippen LogP contribution in [0, 0.1) is 10.1 Å². The fraction of sp³-hybridized carbons (Fsp3) is 0.571. The fourth-order valence-electron chi connectivity index (χ4n) is 2.09. The minimum Gasteiger partial charge on any atom is -0.314 e. The van der Waals surface area contributed by atoms with Gasteiger partial charge in [-0.15, -0.1) is 0 Å². The van der Waals surface area contributed by atoms with E-state index in [2.05, 4.69) is 12.2 Å². The average molecular weight is 314 g/mol. The van der Waals surface area contributed by atoms with Crippen LogP contribution in [0.1, 0.15) is 32.3 Å². The zero-order valence-corrected chi connectivity index (χ0v) is 13.4. The first-order valence-corrected chi connectivity index (χ1v) is 8.89. The second kappa shape index (κ2) is 7.51. The van der Waals surface area contributed by atoms with Gasteiger partial charge in [0.05, 0.1) is 9.82 Å². The summed E-state index contributed by atoms with van der Waals surface area (Å²) < 4.78 is 23.0. The van der Waals surface area contributed by atoms with E-state index in [1.54, 1.807) is 6.07 Å². The van der Waals surface area contributed by atoms with E-state index in [1.165, 1.54) is 6.07 Å². The number of nitro benzene ring substituents is 1. The first-order chi connectivity index (χ1) is 9.79. The van der Waals surface area contributed by atoms with E-state index in [9.17, 15) is 18.5 Å². The van der Waals surface area contributed by atoms with Gasteiger partial charge in [0.15, 0.2) is 9.84 Å². The number of nitrogens with one attached hydrogen (secondary N) is 1. The zero-order valence-electron chi connectivity index (χ0n) is 12.6. The third-order valence-corrected chi connectivity index (χ3v) is 4.43. The number of nitrogens with zero attached hydrogens (tertiary/aromatic N) is 1. The van der Waals surface area contributed by atoms with Crippen molar-refractivity contribution in [2.75, 3.05) is 12.8 Å². The summed E-state index contributed by atoms with van der Waals surface area (Å²) in [4.78, 5) is 10.6. The minimum absolute atomic E-state index is 0.0208. The Morgan fingerprint density at radius 2 is 2.00 bits per heavy atom. The van der Waals surface area contributed by atoms with Crippen molar-refractivity contribution in [1.82, 2.24) is 5.32 Å². The minimum atomic E-state index is -3.44. The largest absolute Gasteiger partial charge is 0.314 e. The van der Waals surface area contributed by atoms with Crippen LogP contribution >= 0.6 is 0 Å². The molecule has 118 valence electrons. The summed E-state index contributed by atoms with van der Waals surface area (Å²) in [5, 5.41) is 14.5. The molecule has 0 amide bonds. The van der Waals surface area contributed by atoms with Crippen molar-refractivity contribution in [3.05, 3.63) is 33.9 Å². The van der Waals surface area contributed by atoms with E-state index in [0.717, 1.165) is 31.7 Å². The molecule has 0 saturated heterocycles. The second-order valence-corrected chi connectivity index (χ2v) is 7.10. The number of rotatable bonds is 8. The lowest BCUT2D eigenvalue weighted by Gasteiger charge is -2.16. The number of sulfone groups is 1. The van der Waals surface area contributed by atoms with Crippen LogP contribution in [-0.2, 0) is 16.3 Å². The van der Waals surface area contributed by atoms with Crippen molar-refractivity contribution in [2.45, 2.75) is 44.0 Å². The molecular weight excluding hydrogens is 292 g/mol. The molecule has 1 unspecified atom stereocenters. The van der Waals surface area contributed by atoms with Gasteiger partial charge in [0.25, 0.3) is 5.69 Å². The molecule has 0 aromatic heterocycles. The molecule has 0 aliphatic rings. The number of nitro groups is 1. The monoisotopic (exact) mass is 314 g/mol. The topological polar surface area (TPSA) is 89.3 Å². The van der Waals surface area contributed by atoms with Gasteiger partial charge in [0.2, 0.25) is 0 Å². The number of benzene rings is 1. The molecule has 0 heterocycles. The van der Waals surface area contributed by atoms with E-state index < -0.39 is 14.8 Å². The third kappa shape index (κ3) is 5.09. The highest BCUT2D eigenvalue weighted by molar-refractivity contribution is 7.90. The predicted molar refractivity (Wildman–Crippen MR) is 82.3 cm³/mol. The van der Waals surface area contributed by atoms with Gasteiger partial charge >= 0.3 is 0 Å². The lowest BCUT2D eigenvalue weighted by Crippen LogP contribution is -2.31. The Balaban J connectivity index is 3.09. The van der Waals surface area contributed by atoms with Gasteiger partial charge in [-0.1, -0.05) is 19.9 Å². The molecule has 1 aromatic rings. The fourth-order valence-corrected chi connectivity index (χ4v) is 2.73. The van der Waals surface area contributed by atoms with Gasteiger partial charge in [0, 0.05) is 23.9 Å². The second-order valence-electron chi connectivity index (χ2n) is 5.08. The summed E-state index contributed by atoms with van der Waals surface area (Å²) in [7, 11) is -3.44. The Kier molecular flexibility index (Phi) is 6.29. The summed E-state index contributed by atoms with van der Waals surface area (Å²) in [6, 6.07) is 4.28. The van der Waals surface area contributed by atoms with Crippen LogP contribution in [0.2, 0.25) is 0 Å². The number of hydrogen-bond donors (Lipinski definition) is 1. The van der Waals surface area contributed by atoms with Crippen LogP contribution in [0.5, 0.6) is 0 Å². The van der Waals surface area contributed by atoms with Crippen LogP contribution in [0.15, 0.2) is 23.1 Å². The Morgan fingerprint density at radius 1 is 1.33 bits per heavy atom. The summed E-state index contributed by atoms with van der Waals surface area (Å²) in [5.41, 5.74) is 0.428. The van der Waals surface area contributed by atoms with E-state index in [1.807, 2.05) is 6.92 Å². The average Bonchev–Trinajstić information content (AvgIpc) is 2.42. The molecule has 0 radical (unpaired) electrons. The molecule has 0 aliphatic heterocycles. The molecule has 0 bridgehead atoms. The number of hydrogen-bond acceptors (Lipinski definition) is 5. The van der Waals surface area contributed by atoms with Gasteiger partial charge in [-0.3, -0.25) is 10.1 Å². The van der Waals surface area contributed by atoms with Crippen molar-refractivity contribution >= 4 is 15.5 Å². The normalized spacial score (nSPS) is 13.1. The van der Waals surface area contributed by atoms with Gasteiger partial charge in [-0.05, 0) is 31.9 Å². The molecule has 0 fully saturated rings. The molecule has 21 heavy (non-hydrogen) atoms. The highest BCUT2D eigenvalue weighted by Crippen LogP contribution is 2.24. The molecule has 0 aliphatic carbocycles. The molecular formula is C14H22N2O4S. The van der Waals surface area contributed by atoms with Gasteiger partial charge in [0.1, 0.15) is 0 Å². The zero-order chi connectivity index (χ0) is 16.0. The Bertz CT molecular complexity index is 599. The standard InChI is InChI=1S/C14H22N2O4S/c1-4-8-15-12(5-2)9-11-6-7-13(21(3,19)20)10-14(11)16(17)18/h6-7,10,12,15H,4-5,8-9H2,1-3H3. The molecule has 1 rings (SSSR count). The Labute approximate surface area is 125 Å². The summed E-state index contributed by atoms with van der Waals surface area (Å²) in [6.45, 7) is 4.93. The van der Waals surface area contributed by atoms with E-state index >= 15 is 0 Å². The molecule has 1 N–H and O–H groups in total. The van der Waals surface area contributed by atoms with E-state index in [0.29, 0.717) is 12.0 Å². The lowest BCUT2D eigenvalue weighted by atomic mass is 10.0. The van der Waals surface area contributed by atoms with Crippen molar-refractivity contribution in [1.29, 1.82) is 0 Å². The quantitative estimate of drug-likeness (QED) is 0.587. The molecule has 6 nitrogen and oxygen atoms in total. The summed E-state index contributed by atoms with van der Waals surface area (Å²) in [5.74, 6) is 0. The maximum absolute atomic E-state index is 11.5. The first-order valence-electron chi connectivity index (χ1n) is 7.00. The van der Waals surface area contributed by atoms with Crippen molar-refractivity contribution in [3.63, 3.8) is 0 Å². The smallest absolute Gasteiger partial charge is 0.273 e. The van der Waals surface area contributed by atoms with Crippen LogP contribution in [0.25, 0.3) is 0 Å². The van der Waals surface area contributed by atoms with E-state index in [-0.39, 0.29) is 16.6 Å². The molecule has 0 saturated carbocycles. The Morgan fingerprint density at radius 3 is 2.48 bits per heavy atom. The van der Waals surface area contributed by atoms with E-state index in [4.69, 9.17) is 0 Å². The lowest BCUT2D eigenvalue weighted by molar-refractivity contribution is -0.385. The van der Waals surface area contributed by atoms with Crippen molar-refractivity contribution < 1.29 is 13.3 Å². The summed E-state index contributed by atoms with van der Waals surface area (Å²) >= 11 is 0. The van der Waals surface area contributed by atoms with Crippen molar-refractivity contribution in [2.24, 2.45) is 0 Å². The molecule has 1 atom stereocenters. The van der Waals surface area contributed by atoms with Crippen LogP contribution < -0.4 is 5.32 Å². The van der Waals surface area contributed by atoms with Crippen molar-refractivity contribution in [3.8, 4) is 0 Å². The third-order valence-electron chi connectivity index (χ3n) is 3.32. The maximum atomic E-state index is 11.5. The molecule has 0 spiro atoms. The van der Waals surface area contributed by atoms with Gasteiger partial charge in [-0.25, -0.2) is 8.42 Å². The molecule has 7 heteroatoms. The summed E-state index contributed by atoms with van der Waals surface area (Å²) in [6.07, 6.45) is 3.40. The highest BCUT2D eigenvalue weighted by atomic mass is 32.2. The van der Waals surface area contributed by atoms with Crippen LogP contribution in [0.4, 0.5) is 5.69 Å². The first kappa shape index (κ1) is 17.6. The van der Waals surface area contributed by atoms with Gasteiger partial charge in [-0.2, -0.15) is 0 Å². The van der Waals surface area contributed by atoms with Crippen LogP contribution in [0.3, 0.4) is 0 Å². The highest BCUT2D eigenvalue weighted by Gasteiger charge is 2.20. The van der Waals surface area contributed by atoms with Crippen LogP contribution in [-0.4, -0.2) is 32.2 Å². The Hall–Kier alpha value is -1.47. The van der Waals surface area contributed by atoms with Gasteiger partial charge < -0.3 is 5.32 Å². The maximum Gasteiger partial charge on any atom is 0.273 e. The SMILES string of the molecule is CCCNC(CC)Cc1ccc(S(C)(=O)=O)cc1[N+](=O)[O-]. The molecule has 1 aromatic carbocycles. The predicted octanol–water partition coefficient (Wildman–Crippen LogP) is 2.32.